The summed E-state index contributed by atoms with van der Waals surface area (Å²) >= 11 is 0. The maximum Gasteiger partial charge on any atom is 0.261 e. The molecule has 2 N–H and O–H groups in total. The Hall–Kier alpha value is -2.74. The van der Waals surface area contributed by atoms with E-state index < -0.39 is 0 Å². The van der Waals surface area contributed by atoms with Gasteiger partial charge in [-0.25, -0.2) is 9.50 Å². The molecule has 0 aliphatic rings. The summed E-state index contributed by atoms with van der Waals surface area (Å²) in [6.07, 6.45) is 4.98. The molecule has 0 saturated heterocycles. The van der Waals surface area contributed by atoms with Crippen LogP contribution in [0.3, 0.4) is 0 Å². The molecule has 25 heavy (non-hydrogen) atoms. The first-order valence-corrected chi connectivity index (χ1v) is 8.23. The number of aryl methyl sites for hydroxylation is 1. The van der Waals surface area contributed by atoms with Gasteiger partial charge in [0.15, 0.2) is 5.65 Å². The lowest BCUT2D eigenvalue weighted by atomic mass is 10.1. The van der Waals surface area contributed by atoms with Crippen molar-refractivity contribution in [3.05, 3.63) is 41.1 Å². The Bertz CT molecular complexity index is 960. The number of amides is 1. The standard InChI is InChI=1S/C17H21N5O3/c1-11(2)13(10-23)20-16(24)5-8-21-7-4-14-12(17(21)25)9-18-15-3-6-19-22(14)15/h3-4,6-7,9,11,13,23H,5,8,10H2,1-2H3,(H,20,24)/t13-/m0/s1. The molecule has 3 rings (SSSR count). The highest BCUT2D eigenvalue weighted by Crippen LogP contribution is 2.10. The number of hydrogen-bond acceptors (Lipinski definition) is 5. The fraction of sp³-hybridized carbons (Fsp3) is 0.412. The van der Waals surface area contributed by atoms with Crippen LogP contribution in [0.1, 0.15) is 20.3 Å². The van der Waals surface area contributed by atoms with Crippen LogP contribution < -0.4 is 10.9 Å². The second kappa shape index (κ2) is 7.02. The van der Waals surface area contributed by atoms with Crippen molar-refractivity contribution in [1.29, 1.82) is 0 Å². The van der Waals surface area contributed by atoms with E-state index in [9.17, 15) is 14.7 Å². The van der Waals surface area contributed by atoms with Crippen molar-refractivity contribution in [3.8, 4) is 0 Å². The molecule has 0 fully saturated rings. The fourth-order valence-electron chi connectivity index (χ4n) is 2.70. The van der Waals surface area contributed by atoms with Gasteiger partial charge >= 0.3 is 0 Å². The second-order valence-electron chi connectivity index (χ2n) is 6.32. The van der Waals surface area contributed by atoms with Crippen LogP contribution in [0.15, 0.2) is 35.5 Å². The molecule has 1 amide bonds. The Morgan fingerprint density at radius 2 is 2.16 bits per heavy atom. The first-order valence-electron chi connectivity index (χ1n) is 8.23. The molecule has 0 unspecified atom stereocenters. The zero-order chi connectivity index (χ0) is 18.0. The molecule has 3 heterocycles. The first-order chi connectivity index (χ1) is 12.0. The molecule has 0 aliphatic heterocycles. The van der Waals surface area contributed by atoms with E-state index >= 15 is 0 Å². The lowest BCUT2D eigenvalue weighted by Crippen LogP contribution is -2.41. The highest BCUT2D eigenvalue weighted by atomic mass is 16.3. The van der Waals surface area contributed by atoms with E-state index in [0.29, 0.717) is 16.6 Å². The zero-order valence-electron chi connectivity index (χ0n) is 14.2. The van der Waals surface area contributed by atoms with Crippen molar-refractivity contribution in [2.24, 2.45) is 5.92 Å². The molecular weight excluding hydrogens is 322 g/mol. The molecule has 0 spiro atoms. The molecule has 3 aromatic heterocycles. The number of carbonyl (C=O) groups excluding carboxylic acids is 1. The number of aliphatic hydroxyl groups excluding tert-OH is 1. The number of nitrogens with one attached hydrogen (secondary N) is 1. The van der Waals surface area contributed by atoms with Gasteiger partial charge in [0.1, 0.15) is 0 Å². The summed E-state index contributed by atoms with van der Waals surface area (Å²) in [6.45, 7) is 4.01. The second-order valence-corrected chi connectivity index (χ2v) is 6.32. The van der Waals surface area contributed by atoms with Crippen molar-refractivity contribution in [3.63, 3.8) is 0 Å². The maximum absolute atomic E-state index is 12.6. The van der Waals surface area contributed by atoms with Crippen LogP contribution >= 0.6 is 0 Å². The van der Waals surface area contributed by atoms with Crippen LogP contribution in [0.4, 0.5) is 0 Å². The zero-order valence-corrected chi connectivity index (χ0v) is 14.2. The van der Waals surface area contributed by atoms with Gasteiger partial charge in [0.2, 0.25) is 5.91 Å². The van der Waals surface area contributed by atoms with Crippen molar-refractivity contribution in [2.45, 2.75) is 32.9 Å². The molecule has 8 heteroatoms. The van der Waals surface area contributed by atoms with E-state index in [4.69, 9.17) is 0 Å². The van der Waals surface area contributed by atoms with Crippen LogP contribution in [0.5, 0.6) is 0 Å². The van der Waals surface area contributed by atoms with Crippen LogP contribution in [-0.4, -0.2) is 42.8 Å². The van der Waals surface area contributed by atoms with Gasteiger partial charge in [0, 0.05) is 31.4 Å². The lowest BCUT2D eigenvalue weighted by Gasteiger charge is -2.20. The molecule has 1 atom stereocenters. The molecule has 3 aromatic rings. The highest BCUT2D eigenvalue weighted by molar-refractivity contribution is 5.79. The van der Waals surface area contributed by atoms with Crippen LogP contribution in [0.25, 0.3) is 16.6 Å². The van der Waals surface area contributed by atoms with Crippen LogP contribution in [-0.2, 0) is 11.3 Å². The highest BCUT2D eigenvalue weighted by Gasteiger charge is 2.15. The number of hydrogen-bond donors (Lipinski definition) is 2. The predicted octanol–water partition coefficient (Wildman–Crippen LogP) is 0.567. The Balaban J connectivity index is 1.78. The molecule has 0 saturated carbocycles. The number of fused-ring (bicyclic) bond motifs is 3. The van der Waals surface area contributed by atoms with E-state index in [-0.39, 0.29) is 43.0 Å². The number of rotatable bonds is 6. The summed E-state index contributed by atoms with van der Waals surface area (Å²) in [7, 11) is 0. The molecule has 0 radical (unpaired) electrons. The van der Waals surface area contributed by atoms with Gasteiger partial charge in [-0.15, -0.1) is 0 Å². The summed E-state index contributed by atoms with van der Waals surface area (Å²) in [5.41, 5.74) is 1.14. The average molecular weight is 343 g/mol. The van der Waals surface area contributed by atoms with Crippen molar-refractivity contribution in [2.75, 3.05) is 6.61 Å². The Morgan fingerprint density at radius 1 is 1.36 bits per heavy atom. The maximum atomic E-state index is 12.6. The third-order valence-electron chi connectivity index (χ3n) is 4.28. The third kappa shape index (κ3) is 3.39. The smallest absolute Gasteiger partial charge is 0.261 e. The molecule has 0 bridgehead atoms. The molecule has 0 aromatic carbocycles. The van der Waals surface area contributed by atoms with E-state index in [1.165, 1.54) is 10.8 Å². The SMILES string of the molecule is CC(C)[C@H](CO)NC(=O)CCn1ccc2c(cnc3ccnn32)c1=O. The molecular formula is C17H21N5O3. The quantitative estimate of drug-likeness (QED) is 0.681. The summed E-state index contributed by atoms with van der Waals surface area (Å²) in [4.78, 5) is 28.9. The summed E-state index contributed by atoms with van der Waals surface area (Å²) < 4.78 is 3.10. The van der Waals surface area contributed by atoms with Gasteiger partial charge in [0.05, 0.1) is 29.7 Å². The minimum atomic E-state index is -0.280. The van der Waals surface area contributed by atoms with E-state index in [0.717, 1.165) is 0 Å². The number of pyridine rings is 1. The van der Waals surface area contributed by atoms with E-state index in [2.05, 4.69) is 15.4 Å². The first kappa shape index (κ1) is 17.1. The van der Waals surface area contributed by atoms with Gasteiger partial charge in [-0.3, -0.25) is 9.59 Å². The number of nitrogens with zero attached hydrogens (tertiary/aromatic N) is 4. The molecule has 8 nitrogen and oxygen atoms in total. The van der Waals surface area contributed by atoms with Crippen molar-refractivity contribution in [1.82, 2.24) is 24.5 Å². The fourth-order valence-corrected chi connectivity index (χ4v) is 2.70. The normalized spacial score (nSPS) is 12.8. The lowest BCUT2D eigenvalue weighted by molar-refractivity contribution is -0.122. The largest absolute Gasteiger partial charge is 0.394 e. The summed E-state index contributed by atoms with van der Waals surface area (Å²) in [5, 5.41) is 16.7. The number of aliphatic hydroxyl groups is 1. The topological polar surface area (TPSA) is 102 Å². The van der Waals surface area contributed by atoms with Gasteiger partial charge in [0.25, 0.3) is 5.56 Å². The van der Waals surface area contributed by atoms with Crippen LogP contribution in [0, 0.1) is 5.92 Å². The minimum Gasteiger partial charge on any atom is -0.394 e. The Labute approximate surface area is 144 Å². The van der Waals surface area contributed by atoms with Gasteiger partial charge in [-0.05, 0) is 12.0 Å². The third-order valence-corrected chi connectivity index (χ3v) is 4.28. The summed E-state index contributed by atoms with van der Waals surface area (Å²) in [6, 6.07) is 3.28. The van der Waals surface area contributed by atoms with Gasteiger partial charge in [-0.2, -0.15) is 5.10 Å². The average Bonchev–Trinajstić information content (AvgIpc) is 3.07. The van der Waals surface area contributed by atoms with Gasteiger partial charge in [-0.1, -0.05) is 13.8 Å². The monoisotopic (exact) mass is 343 g/mol. The van der Waals surface area contributed by atoms with Crippen molar-refractivity contribution >= 4 is 22.5 Å². The van der Waals surface area contributed by atoms with Crippen LogP contribution in [0.2, 0.25) is 0 Å². The van der Waals surface area contributed by atoms with E-state index in [1.54, 1.807) is 29.0 Å². The minimum absolute atomic E-state index is 0.106. The van der Waals surface area contributed by atoms with Gasteiger partial charge < -0.3 is 15.0 Å². The number of aromatic nitrogens is 4. The Kier molecular flexibility index (Phi) is 4.80. The predicted molar refractivity (Wildman–Crippen MR) is 93.2 cm³/mol. The molecule has 132 valence electrons. The summed E-state index contributed by atoms with van der Waals surface area (Å²) in [5.74, 6) is -0.0553. The molecule has 0 aliphatic carbocycles. The Morgan fingerprint density at radius 3 is 2.88 bits per heavy atom. The van der Waals surface area contributed by atoms with E-state index in [1.807, 2.05) is 13.8 Å². The number of carbonyl (C=O) groups is 1. The van der Waals surface area contributed by atoms with Crippen molar-refractivity contribution < 1.29 is 9.90 Å².